The summed E-state index contributed by atoms with van der Waals surface area (Å²) in [6, 6.07) is -0.154. The third-order valence-corrected chi connectivity index (χ3v) is 4.50. The molecule has 2 rings (SSSR count). The van der Waals surface area contributed by atoms with Gasteiger partial charge in [0.05, 0.1) is 10.6 Å². The van der Waals surface area contributed by atoms with Gasteiger partial charge in [0.15, 0.2) is 0 Å². The highest BCUT2D eigenvalue weighted by Gasteiger charge is 2.17. The third-order valence-electron chi connectivity index (χ3n) is 3.34. The normalized spacial score (nSPS) is 10.9. The Bertz CT molecular complexity index is 643. The number of carbonyl (C=O) groups excluding carboxylic acids is 1. The number of aromatic nitrogens is 5. The molecule has 114 valence electrons. The van der Waals surface area contributed by atoms with Crippen molar-refractivity contribution in [2.75, 3.05) is 13.1 Å². The second-order valence-corrected chi connectivity index (χ2v) is 5.63. The van der Waals surface area contributed by atoms with Crippen LogP contribution in [0.4, 0.5) is 4.79 Å². The van der Waals surface area contributed by atoms with Crippen LogP contribution in [0, 0.1) is 13.8 Å². The monoisotopic (exact) mass is 308 g/mol. The summed E-state index contributed by atoms with van der Waals surface area (Å²) in [6.45, 7) is 9.14. The molecule has 0 aliphatic rings. The van der Waals surface area contributed by atoms with Crippen molar-refractivity contribution in [1.29, 1.82) is 0 Å². The molecule has 0 aromatic carbocycles. The fourth-order valence-corrected chi connectivity index (χ4v) is 2.90. The topological polar surface area (TPSA) is 68.8 Å². The van der Waals surface area contributed by atoms with Crippen LogP contribution < -0.4 is 0 Å². The van der Waals surface area contributed by atoms with Gasteiger partial charge in [-0.1, -0.05) is 0 Å². The molecular formula is C13H20N6OS. The lowest BCUT2D eigenvalue weighted by Crippen LogP contribution is -2.34. The summed E-state index contributed by atoms with van der Waals surface area (Å²) in [7, 11) is 1.91. The van der Waals surface area contributed by atoms with Crippen molar-refractivity contribution in [2.24, 2.45) is 7.05 Å². The predicted molar refractivity (Wildman–Crippen MR) is 80.5 cm³/mol. The number of carbonyl (C=O) groups is 1. The molecule has 0 atom stereocenters. The number of hydrogen-bond acceptors (Lipinski definition) is 5. The van der Waals surface area contributed by atoms with Gasteiger partial charge in [0.1, 0.15) is 6.33 Å². The van der Waals surface area contributed by atoms with Crippen molar-refractivity contribution < 1.29 is 4.79 Å². The van der Waals surface area contributed by atoms with Gasteiger partial charge < -0.3 is 4.90 Å². The Labute approximate surface area is 128 Å². The van der Waals surface area contributed by atoms with Crippen LogP contribution in [0.3, 0.4) is 0 Å². The molecule has 0 bridgehead atoms. The summed E-state index contributed by atoms with van der Waals surface area (Å²) in [5.74, 6) is 0. The van der Waals surface area contributed by atoms with Crippen LogP contribution in [-0.2, 0) is 7.05 Å². The predicted octanol–water partition coefficient (Wildman–Crippen LogP) is 2.09. The van der Waals surface area contributed by atoms with Gasteiger partial charge >= 0.3 is 6.03 Å². The summed E-state index contributed by atoms with van der Waals surface area (Å²) in [5, 5.41) is 9.17. The molecule has 0 radical (unpaired) electrons. The average molecular weight is 308 g/mol. The fraction of sp³-hybridized carbons (Fsp3) is 0.538. The second kappa shape index (κ2) is 6.30. The van der Waals surface area contributed by atoms with Gasteiger partial charge in [0.2, 0.25) is 5.16 Å². The molecule has 0 aliphatic heterocycles. The van der Waals surface area contributed by atoms with Gasteiger partial charge in [0, 0.05) is 25.8 Å². The van der Waals surface area contributed by atoms with Gasteiger partial charge in [-0.15, -0.1) is 5.10 Å². The molecule has 0 aliphatic carbocycles. The molecule has 2 aromatic heterocycles. The summed E-state index contributed by atoms with van der Waals surface area (Å²) in [5.41, 5.74) is 2.00. The first-order valence-corrected chi connectivity index (χ1v) is 7.68. The van der Waals surface area contributed by atoms with E-state index in [0.29, 0.717) is 18.2 Å². The van der Waals surface area contributed by atoms with Crippen LogP contribution in [0.5, 0.6) is 0 Å². The van der Waals surface area contributed by atoms with Gasteiger partial charge in [0.25, 0.3) is 0 Å². The van der Waals surface area contributed by atoms with Crippen LogP contribution in [0.15, 0.2) is 16.4 Å². The maximum Gasteiger partial charge on any atom is 0.346 e. The number of rotatable bonds is 4. The highest BCUT2D eigenvalue weighted by Crippen LogP contribution is 2.29. The minimum atomic E-state index is -0.154. The molecule has 1 amide bonds. The van der Waals surface area contributed by atoms with E-state index in [2.05, 4.69) is 15.2 Å². The number of nitrogens with zero attached hydrogens (tertiary/aromatic N) is 6. The summed E-state index contributed by atoms with van der Waals surface area (Å²) < 4.78 is 3.12. The lowest BCUT2D eigenvalue weighted by Gasteiger charge is -2.17. The molecular weight excluding hydrogens is 288 g/mol. The number of aryl methyl sites for hydroxylation is 2. The van der Waals surface area contributed by atoms with E-state index in [-0.39, 0.29) is 6.03 Å². The molecule has 21 heavy (non-hydrogen) atoms. The van der Waals surface area contributed by atoms with Crippen LogP contribution in [0.1, 0.15) is 25.2 Å². The highest BCUT2D eigenvalue weighted by atomic mass is 32.2. The van der Waals surface area contributed by atoms with Crippen LogP contribution in [0.25, 0.3) is 0 Å². The van der Waals surface area contributed by atoms with E-state index in [9.17, 15) is 4.79 Å². The summed E-state index contributed by atoms with van der Waals surface area (Å²) in [6.07, 6.45) is 1.46. The van der Waals surface area contributed by atoms with Crippen LogP contribution in [0.2, 0.25) is 0 Å². The van der Waals surface area contributed by atoms with Crippen molar-refractivity contribution in [1.82, 2.24) is 29.4 Å². The number of amides is 1. The molecule has 0 saturated heterocycles. The Morgan fingerprint density at radius 3 is 2.48 bits per heavy atom. The van der Waals surface area contributed by atoms with E-state index in [1.165, 1.54) is 22.8 Å². The SMILES string of the molecule is CCN(CC)C(=O)n1cnc(Sc2c(C)nn(C)c2C)n1. The summed E-state index contributed by atoms with van der Waals surface area (Å²) in [4.78, 5) is 19.1. The highest BCUT2D eigenvalue weighted by molar-refractivity contribution is 7.99. The standard InChI is InChI=1S/C13H20N6OS/c1-6-18(7-2)13(20)19-8-14-12(16-19)21-11-9(3)15-17(5)10(11)4/h8H,6-7H2,1-5H3. The van der Waals surface area contributed by atoms with E-state index in [1.54, 1.807) is 4.90 Å². The molecule has 0 N–H and O–H groups in total. The van der Waals surface area contributed by atoms with Crippen molar-refractivity contribution in [2.45, 2.75) is 37.7 Å². The van der Waals surface area contributed by atoms with E-state index in [4.69, 9.17) is 0 Å². The van der Waals surface area contributed by atoms with Crippen LogP contribution in [-0.4, -0.2) is 48.6 Å². The fourth-order valence-electron chi connectivity index (χ4n) is 2.02. The molecule has 8 heteroatoms. The number of hydrogen-bond donors (Lipinski definition) is 0. The maximum absolute atomic E-state index is 12.2. The lowest BCUT2D eigenvalue weighted by molar-refractivity contribution is 0.201. The van der Waals surface area contributed by atoms with Crippen molar-refractivity contribution in [3.63, 3.8) is 0 Å². The molecule has 0 saturated carbocycles. The smallest absolute Gasteiger partial charge is 0.323 e. The minimum Gasteiger partial charge on any atom is -0.323 e. The van der Waals surface area contributed by atoms with E-state index >= 15 is 0 Å². The van der Waals surface area contributed by atoms with Crippen molar-refractivity contribution >= 4 is 17.8 Å². The molecule has 2 heterocycles. The minimum absolute atomic E-state index is 0.154. The zero-order valence-electron chi connectivity index (χ0n) is 13.0. The molecule has 2 aromatic rings. The Morgan fingerprint density at radius 2 is 1.95 bits per heavy atom. The Balaban J connectivity index is 2.19. The molecule has 0 unspecified atom stereocenters. The van der Waals surface area contributed by atoms with E-state index < -0.39 is 0 Å². The molecule has 0 spiro atoms. The van der Waals surface area contributed by atoms with E-state index in [0.717, 1.165) is 16.3 Å². The lowest BCUT2D eigenvalue weighted by atomic mass is 10.4. The third kappa shape index (κ3) is 3.10. The van der Waals surface area contributed by atoms with Gasteiger partial charge in [-0.05, 0) is 39.5 Å². The Hall–Kier alpha value is -1.83. The zero-order valence-corrected chi connectivity index (χ0v) is 13.8. The summed E-state index contributed by atoms with van der Waals surface area (Å²) >= 11 is 1.43. The maximum atomic E-state index is 12.2. The van der Waals surface area contributed by atoms with E-state index in [1.807, 2.05) is 39.4 Å². The molecule has 0 fully saturated rings. The average Bonchev–Trinajstić information content (AvgIpc) is 3.01. The Morgan fingerprint density at radius 1 is 1.29 bits per heavy atom. The second-order valence-electron chi connectivity index (χ2n) is 4.65. The zero-order chi connectivity index (χ0) is 15.6. The Kier molecular flexibility index (Phi) is 4.66. The van der Waals surface area contributed by atoms with Crippen LogP contribution >= 0.6 is 11.8 Å². The quantitative estimate of drug-likeness (QED) is 0.865. The molecule has 7 nitrogen and oxygen atoms in total. The first kappa shape index (κ1) is 15.6. The van der Waals surface area contributed by atoms with Crippen molar-refractivity contribution in [3.05, 3.63) is 17.7 Å². The van der Waals surface area contributed by atoms with Crippen molar-refractivity contribution in [3.8, 4) is 0 Å². The largest absolute Gasteiger partial charge is 0.346 e. The van der Waals surface area contributed by atoms with Gasteiger partial charge in [-0.3, -0.25) is 4.68 Å². The van der Waals surface area contributed by atoms with Gasteiger partial charge in [-0.25, -0.2) is 9.78 Å². The van der Waals surface area contributed by atoms with Gasteiger partial charge in [-0.2, -0.15) is 9.78 Å². The first-order valence-electron chi connectivity index (χ1n) is 6.86. The first-order chi connectivity index (χ1) is 9.97.